The van der Waals surface area contributed by atoms with Crippen molar-refractivity contribution in [1.82, 2.24) is 0 Å². The SMILES string of the molecule is CCC(=O)Cc1ccc2c(c1)CCC2. The Balaban J connectivity index is 2.16. The summed E-state index contributed by atoms with van der Waals surface area (Å²) in [5.41, 5.74) is 4.14. The summed E-state index contributed by atoms with van der Waals surface area (Å²) < 4.78 is 0. The van der Waals surface area contributed by atoms with Gasteiger partial charge in [0.25, 0.3) is 0 Å². The molecule has 1 nitrogen and oxygen atoms in total. The van der Waals surface area contributed by atoms with Crippen LogP contribution in [0.4, 0.5) is 0 Å². The third kappa shape index (κ3) is 1.87. The van der Waals surface area contributed by atoms with E-state index in [4.69, 9.17) is 0 Å². The zero-order chi connectivity index (χ0) is 9.97. The Kier molecular flexibility index (Phi) is 2.67. The van der Waals surface area contributed by atoms with Crippen LogP contribution < -0.4 is 0 Å². The number of fused-ring (bicyclic) bond motifs is 1. The number of hydrogen-bond acceptors (Lipinski definition) is 1. The number of carbonyl (C=O) groups excluding carboxylic acids is 1. The molecule has 0 fully saturated rings. The third-order valence-corrected chi connectivity index (χ3v) is 2.96. The molecule has 0 unspecified atom stereocenters. The second kappa shape index (κ2) is 3.95. The van der Waals surface area contributed by atoms with E-state index >= 15 is 0 Å². The smallest absolute Gasteiger partial charge is 0.136 e. The van der Waals surface area contributed by atoms with E-state index in [1.54, 1.807) is 0 Å². The molecule has 2 rings (SSSR count). The molecule has 0 saturated heterocycles. The first-order chi connectivity index (χ1) is 6.79. The summed E-state index contributed by atoms with van der Waals surface area (Å²) in [6, 6.07) is 6.52. The van der Waals surface area contributed by atoms with Gasteiger partial charge in [0, 0.05) is 12.8 Å². The van der Waals surface area contributed by atoms with E-state index in [1.807, 2.05) is 6.92 Å². The van der Waals surface area contributed by atoms with Gasteiger partial charge in [-0.05, 0) is 36.0 Å². The Labute approximate surface area is 85.1 Å². The van der Waals surface area contributed by atoms with E-state index < -0.39 is 0 Å². The quantitative estimate of drug-likeness (QED) is 0.712. The van der Waals surface area contributed by atoms with Crippen molar-refractivity contribution in [2.75, 3.05) is 0 Å². The lowest BCUT2D eigenvalue weighted by Crippen LogP contribution is -2.00. The van der Waals surface area contributed by atoms with Crippen molar-refractivity contribution in [3.8, 4) is 0 Å². The molecular formula is C13H16O. The molecule has 1 aliphatic rings. The molecule has 0 amide bonds. The highest BCUT2D eigenvalue weighted by Gasteiger charge is 2.11. The standard InChI is InChI=1S/C13H16O/c1-2-13(14)9-10-6-7-11-4-3-5-12(11)8-10/h6-8H,2-5,9H2,1H3. The van der Waals surface area contributed by atoms with Crippen LogP contribution in [0.25, 0.3) is 0 Å². The van der Waals surface area contributed by atoms with Gasteiger partial charge in [0.05, 0.1) is 0 Å². The van der Waals surface area contributed by atoms with Crippen molar-refractivity contribution in [3.63, 3.8) is 0 Å². The second-order valence-electron chi connectivity index (χ2n) is 4.03. The van der Waals surface area contributed by atoms with Crippen LogP contribution in [0.3, 0.4) is 0 Å². The molecular weight excluding hydrogens is 172 g/mol. The highest BCUT2D eigenvalue weighted by molar-refractivity contribution is 5.80. The van der Waals surface area contributed by atoms with E-state index in [-0.39, 0.29) is 0 Å². The number of Topliss-reactive ketones (excluding diaryl/α,β-unsaturated/α-hetero) is 1. The Morgan fingerprint density at radius 1 is 1.29 bits per heavy atom. The van der Waals surface area contributed by atoms with Gasteiger partial charge in [-0.1, -0.05) is 25.1 Å². The number of carbonyl (C=O) groups is 1. The van der Waals surface area contributed by atoms with Gasteiger partial charge in [-0.25, -0.2) is 0 Å². The van der Waals surface area contributed by atoms with E-state index in [0.717, 1.165) is 0 Å². The van der Waals surface area contributed by atoms with Crippen LogP contribution in [0, 0.1) is 0 Å². The normalized spacial score (nSPS) is 14.1. The van der Waals surface area contributed by atoms with Gasteiger partial charge < -0.3 is 0 Å². The van der Waals surface area contributed by atoms with Gasteiger partial charge in [0.2, 0.25) is 0 Å². The minimum absolute atomic E-state index is 0.336. The van der Waals surface area contributed by atoms with Crippen molar-refractivity contribution in [2.45, 2.75) is 39.0 Å². The minimum Gasteiger partial charge on any atom is -0.299 e. The molecule has 0 radical (unpaired) electrons. The van der Waals surface area contributed by atoms with Gasteiger partial charge in [0.15, 0.2) is 0 Å². The molecule has 0 N–H and O–H groups in total. The highest BCUT2D eigenvalue weighted by Crippen LogP contribution is 2.23. The Bertz CT molecular complexity index is 352. The molecule has 1 aromatic rings. The summed E-state index contributed by atoms with van der Waals surface area (Å²) >= 11 is 0. The zero-order valence-electron chi connectivity index (χ0n) is 8.68. The van der Waals surface area contributed by atoms with E-state index in [9.17, 15) is 4.79 Å². The number of hydrogen-bond donors (Lipinski definition) is 0. The molecule has 14 heavy (non-hydrogen) atoms. The maximum absolute atomic E-state index is 11.3. The summed E-state index contributed by atoms with van der Waals surface area (Å²) in [6.45, 7) is 1.93. The van der Waals surface area contributed by atoms with Crippen LogP contribution in [0.2, 0.25) is 0 Å². The summed E-state index contributed by atoms with van der Waals surface area (Å²) in [5, 5.41) is 0. The molecule has 0 atom stereocenters. The predicted molar refractivity (Wildman–Crippen MR) is 57.5 cm³/mol. The fraction of sp³-hybridized carbons (Fsp3) is 0.462. The van der Waals surface area contributed by atoms with Gasteiger partial charge in [-0.3, -0.25) is 4.79 Å². The largest absolute Gasteiger partial charge is 0.299 e. The predicted octanol–water partition coefficient (Wildman–Crippen LogP) is 2.70. The molecule has 74 valence electrons. The van der Waals surface area contributed by atoms with E-state index in [0.29, 0.717) is 18.6 Å². The summed E-state index contributed by atoms with van der Waals surface area (Å²) in [5.74, 6) is 0.336. The first-order valence-electron chi connectivity index (χ1n) is 5.42. The molecule has 0 aliphatic heterocycles. The third-order valence-electron chi connectivity index (χ3n) is 2.96. The van der Waals surface area contributed by atoms with Gasteiger partial charge >= 0.3 is 0 Å². The van der Waals surface area contributed by atoms with Crippen molar-refractivity contribution in [3.05, 3.63) is 34.9 Å². The van der Waals surface area contributed by atoms with Gasteiger partial charge in [-0.15, -0.1) is 0 Å². The lowest BCUT2D eigenvalue weighted by atomic mass is 10.0. The Hall–Kier alpha value is -1.11. The fourth-order valence-electron chi connectivity index (χ4n) is 2.09. The lowest BCUT2D eigenvalue weighted by molar-refractivity contribution is -0.118. The first-order valence-corrected chi connectivity index (χ1v) is 5.42. The average molecular weight is 188 g/mol. The van der Waals surface area contributed by atoms with E-state index in [1.165, 1.54) is 36.0 Å². The van der Waals surface area contributed by atoms with Gasteiger partial charge in [-0.2, -0.15) is 0 Å². The van der Waals surface area contributed by atoms with Crippen LogP contribution in [-0.4, -0.2) is 5.78 Å². The first kappa shape index (κ1) is 9.45. The van der Waals surface area contributed by atoms with Gasteiger partial charge in [0.1, 0.15) is 5.78 Å². The number of aryl methyl sites for hydroxylation is 2. The summed E-state index contributed by atoms with van der Waals surface area (Å²) in [6.07, 6.45) is 4.96. The fourth-order valence-corrected chi connectivity index (χ4v) is 2.09. The molecule has 0 saturated carbocycles. The molecule has 1 aromatic carbocycles. The number of ketones is 1. The Morgan fingerprint density at radius 3 is 2.86 bits per heavy atom. The Morgan fingerprint density at radius 2 is 2.07 bits per heavy atom. The lowest BCUT2D eigenvalue weighted by Gasteiger charge is -2.03. The minimum atomic E-state index is 0.336. The maximum atomic E-state index is 11.3. The van der Waals surface area contributed by atoms with Crippen LogP contribution in [0.15, 0.2) is 18.2 Å². The average Bonchev–Trinajstić information content (AvgIpc) is 2.64. The molecule has 1 heteroatoms. The van der Waals surface area contributed by atoms with Crippen LogP contribution in [-0.2, 0) is 24.1 Å². The second-order valence-corrected chi connectivity index (χ2v) is 4.03. The molecule has 1 aliphatic carbocycles. The summed E-state index contributed by atoms with van der Waals surface area (Å²) in [7, 11) is 0. The van der Waals surface area contributed by atoms with Crippen molar-refractivity contribution in [2.24, 2.45) is 0 Å². The topological polar surface area (TPSA) is 17.1 Å². The summed E-state index contributed by atoms with van der Waals surface area (Å²) in [4.78, 5) is 11.3. The van der Waals surface area contributed by atoms with Crippen molar-refractivity contribution < 1.29 is 4.79 Å². The highest BCUT2D eigenvalue weighted by atomic mass is 16.1. The molecule has 0 spiro atoms. The molecule has 0 aromatic heterocycles. The van der Waals surface area contributed by atoms with Crippen LogP contribution in [0.1, 0.15) is 36.5 Å². The van der Waals surface area contributed by atoms with Crippen LogP contribution in [0.5, 0.6) is 0 Å². The van der Waals surface area contributed by atoms with Crippen LogP contribution >= 0.6 is 0 Å². The van der Waals surface area contributed by atoms with Crippen molar-refractivity contribution >= 4 is 5.78 Å². The molecule has 0 heterocycles. The molecule has 0 bridgehead atoms. The zero-order valence-corrected chi connectivity index (χ0v) is 8.68. The monoisotopic (exact) mass is 188 g/mol. The van der Waals surface area contributed by atoms with Crippen molar-refractivity contribution in [1.29, 1.82) is 0 Å². The number of rotatable bonds is 3. The van der Waals surface area contributed by atoms with E-state index in [2.05, 4.69) is 18.2 Å². The number of benzene rings is 1. The maximum Gasteiger partial charge on any atom is 0.136 e.